The molecule has 2 aromatic rings. The third-order valence-electron chi connectivity index (χ3n) is 4.75. The molecule has 0 spiro atoms. The first-order valence-electron chi connectivity index (χ1n) is 8.73. The van der Waals surface area contributed by atoms with E-state index in [1.165, 1.54) is 22.9 Å². The summed E-state index contributed by atoms with van der Waals surface area (Å²) < 4.78 is 1.49. The summed E-state index contributed by atoms with van der Waals surface area (Å²) in [5.41, 5.74) is 1.13. The van der Waals surface area contributed by atoms with Crippen LogP contribution in [0.5, 0.6) is 0 Å². The summed E-state index contributed by atoms with van der Waals surface area (Å²) in [5, 5.41) is 8.90. The van der Waals surface area contributed by atoms with Gasteiger partial charge in [-0.2, -0.15) is 0 Å². The zero-order valence-electron chi connectivity index (χ0n) is 14.8. The van der Waals surface area contributed by atoms with Gasteiger partial charge >= 0.3 is 0 Å². The van der Waals surface area contributed by atoms with Crippen molar-refractivity contribution in [2.24, 2.45) is 0 Å². The quantitative estimate of drug-likeness (QED) is 0.655. The maximum Gasteiger partial charge on any atom is 0.233 e. The highest BCUT2D eigenvalue weighted by atomic mass is 32.2. The van der Waals surface area contributed by atoms with Gasteiger partial charge in [0, 0.05) is 18.5 Å². The molecule has 0 bridgehead atoms. The van der Waals surface area contributed by atoms with Crippen molar-refractivity contribution in [2.45, 2.75) is 56.8 Å². The molecule has 1 saturated heterocycles. The van der Waals surface area contributed by atoms with Crippen molar-refractivity contribution < 1.29 is 4.79 Å². The number of benzene rings is 1. The van der Waals surface area contributed by atoms with E-state index < -0.39 is 0 Å². The zero-order valence-corrected chi connectivity index (χ0v) is 15.6. The average molecular weight is 359 g/mol. The number of carbonyl (C=O) groups is 1. The van der Waals surface area contributed by atoms with Gasteiger partial charge in [-0.25, -0.2) is 4.68 Å². The van der Waals surface area contributed by atoms with Crippen LogP contribution in [0, 0.1) is 0 Å². The number of carbonyl (C=O) groups excluding carboxylic acids is 1. The Labute approximate surface area is 152 Å². The molecule has 1 aromatic carbocycles. The van der Waals surface area contributed by atoms with Crippen LogP contribution < -0.4 is 5.84 Å². The molecule has 6 nitrogen and oxygen atoms in total. The Bertz CT molecular complexity index is 708. The van der Waals surface area contributed by atoms with Crippen molar-refractivity contribution in [3.8, 4) is 0 Å². The number of aromatic nitrogens is 3. The second-order valence-electron chi connectivity index (χ2n) is 6.65. The number of piperidine rings is 1. The number of nitrogens with two attached hydrogens (primary N) is 1. The van der Waals surface area contributed by atoms with Gasteiger partial charge in [-0.3, -0.25) is 4.79 Å². The Hall–Kier alpha value is -2.02. The Morgan fingerprint density at radius 2 is 1.88 bits per heavy atom. The minimum atomic E-state index is 0.150. The van der Waals surface area contributed by atoms with Crippen LogP contribution in [0.1, 0.15) is 44.5 Å². The lowest BCUT2D eigenvalue weighted by Gasteiger charge is -2.39. The second-order valence-corrected chi connectivity index (χ2v) is 7.59. The molecule has 1 aromatic heterocycles. The normalized spacial score (nSPS) is 20.6. The second kappa shape index (κ2) is 7.91. The maximum absolute atomic E-state index is 12.6. The molecule has 1 aliphatic rings. The van der Waals surface area contributed by atoms with Gasteiger partial charge < -0.3 is 10.7 Å². The number of rotatable bonds is 5. The summed E-state index contributed by atoms with van der Waals surface area (Å²) in [4.78, 5) is 14.6. The van der Waals surface area contributed by atoms with Gasteiger partial charge in [0.1, 0.15) is 0 Å². The molecule has 134 valence electrons. The van der Waals surface area contributed by atoms with Crippen molar-refractivity contribution in [1.29, 1.82) is 0 Å². The van der Waals surface area contributed by atoms with Crippen LogP contribution in [-0.4, -0.2) is 43.5 Å². The molecule has 2 N–H and O–H groups in total. The number of nitrogens with zero attached hydrogens (tertiary/aromatic N) is 4. The lowest BCUT2D eigenvalue weighted by atomic mass is 9.98. The van der Waals surface area contributed by atoms with E-state index in [2.05, 4.69) is 24.0 Å². The summed E-state index contributed by atoms with van der Waals surface area (Å²) >= 11 is 1.36. The Morgan fingerprint density at radius 1 is 1.20 bits per heavy atom. The van der Waals surface area contributed by atoms with Crippen LogP contribution in [0.4, 0.5) is 0 Å². The van der Waals surface area contributed by atoms with Gasteiger partial charge in [0.15, 0.2) is 5.82 Å². The van der Waals surface area contributed by atoms with Gasteiger partial charge in [-0.05, 0) is 38.7 Å². The van der Waals surface area contributed by atoms with Crippen molar-refractivity contribution in [1.82, 2.24) is 19.8 Å². The molecule has 7 heteroatoms. The predicted molar refractivity (Wildman–Crippen MR) is 99.8 cm³/mol. The number of hydrogen-bond acceptors (Lipinski definition) is 5. The minimum Gasteiger partial charge on any atom is -0.337 e. The molecule has 0 aliphatic carbocycles. The molecule has 1 fully saturated rings. The zero-order chi connectivity index (χ0) is 17.8. The highest BCUT2D eigenvalue weighted by Crippen LogP contribution is 2.24. The number of nitrogen functional groups attached to an aromatic ring is 1. The highest BCUT2D eigenvalue weighted by Gasteiger charge is 2.29. The molecule has 0 saturated carbocycles. The number of amides is 1. The maximum atomic E-state index is 12.6. The topological polar surface area (TPSA) is 77.0 Å². The van der Waals surface area contributed by atoms with E-state index in [-0.39, 0.29) is 5.91 Å². The Morgan fingerprint density at radius 3 is 2.56 bits per heavy atom. The van der Waals surface area contributed by atoms with E-state index in [9.17, 15) is 4.79 Å². The van der Waals surface area contributed by atoms with Gasteiger partial charge in [-0.1, -0.05) is 42.1 Å². The SMILES string of the molecule is C[C@@H]1CCC[C@H](C)N1C(=O)CSc1nnc(Cc2ccccc2)n1N. The average Bonchev–Trinajstić information content (AvgIpc) is 2.94. The molecule has 1 amide bonds. The fourth-order valence-electron chi connectivity index (χ4n) is 3.42. The largest absolute Gasteiger partial charge is 0.337 e. The standard InChI is InChI=1S/C18H25N5OS/c1-13-7-6-8-14(2)22(13)17(24)12-25-18-21-20-16(23(18)19)11-15-9-4-3-5-10-15/h3-5,9-10,13-14H,6-8,11-12,19H2,1-2H3/t13-,14+. The molecule has 0 unspecified atom stereocenters. The third kappa shape index (κ3) is 4.15. The monoisotopic (exact) mass is 359 g/mol. The smallest absolute Gasteiger partial charge is 0.233 e. The van der Waals surface area contributed by atoms with Crippen LogP contribution >= 0.6 is 11.8 Å². The Kier molecular flexibility index (Phi) is 5.63. The highest BCUT2D eigenvalue weighted by molar-refractivity contribution is 7.99. The van der Waals surface area contributed by atoms with Crippen LogP contribution in [0.3, 0.4) is 0 Å². The number of hydrogen-bond donors (Lipinski definition) is 1. The van der Waals surface area contributed by atoms with E-state index in [1.807, 2.05) is 35.2 Å². The molecule has 1 aliphatic heterocycles. The molecular formula is C18H25N5OS. The summed E-state index contributed by atoms with van der Waals surface area (Å²) in [5.74, 6) is 7.30. The molecule has 2 heterocycles. The first kappa shape index (κ1) is 17.8. The van der Waals surface area contributed by atoms with Crippen LogP contribution in [0.2, 0.25) is 0 Å². The fourth-order valence-corrected chi connectivity index (χ4v) is 4.16. The summed E-state index contributed by atoms with van der Waals surface area (Å²) in [7, 11) is 0. The number of thioether (sulfide) groups is 1. The van der Waals surface area contributed by atoms with E-state index in [0.29, 0.717) is 35.2 Å². The fraction of sp³-hybridized carbons (Fsp3) is 0.500. The van der Waals surface area contributed by atoms with Crippen LogP contribution in [0.15, 0.2) is 35.5 Å². The first-order chi connectivity index (χ1) is 12.1. The van der Waals surface area contributed by atoms with Crippen molar-refractivity contribution in [3.63, 3.8) is 0 Å². The lowest BCUT2D eigenvalue weighted by Crippen LogP contribution is -2.48. The van der Waals surface area contributed by atoms with E-state index >= 15 is 0 Å². The summed E-state index contributed by atoms with van der Waals surface area (Å²) in [6.07, 6.45) is 3.97. The minimum absolute atomic E-state index is 0.150. The van der Waals surface area contributed by atoms with Gasteiger partial charge in [0.2, 0.25) is 11.1 Å². The van der Waals surface area contributed by atoms with E-state index in [0.717, 1.165) is 18.4 Å². The van der Waals surface area contributed by atoms with Crippen molar-refractivity contribution >= 4 is 17.7 Å². The summed E-state index contributed by atoms with van der Waals surface area (Å²) in [6.45, 7) is 4.25. The molecule has 0 radical (unpaired) electrons. The molecule has 3 rings (SSSR count). The Balaban J connectivity index is 1.61. The van der Waals surface area contributed by atoms with Gasteiger partial charge in [-0.15, -0.1) is 10.2 Å². The number of likely N-dealkylation sites (tertiary alicyclic amines) is 1. The van der Waals surface area contributed by atoms with Crippen molar-refractivity contribution in [3.05, 3.63) is 41.7 Å². The first-order valence-corrected chi connectivity index (χ1v) is 9.72. The molecular weight excluding hydrogens is 334 g/mol. The predicted octanol–water partition coefficient (Wildman–Crippen LogP) is 2.46. The lowest BCUT2D eigenvalue weighted by molar-refractivity contribution is -0.134. The van der Waals surface area contributed by atoms with E-state index in [1.54, 1.807) is 0 Å². The third-order valence-corrected chi connectivity index (χ3v) is 5.67. The molecule has 2 atom stereocenters. The van der Waals surface area contributed by atoms with Crippen molar-refractivity contribution in [2.75, 3.05) is 11.6 Å². The van der Waals surface area contributed by atoms with Crippen LogP contribution in [0.25, 0.3) is 0 Å². The summed E-state index contributed by atoms with van der Waals surface area (Å²) in [6, 6.07) is 10.6. The van der Waals surface area contributed by atoms with Gasteiger partial charge in [0.25, 0.3) is 0 Å². The van der Waals surface area contributed by atoms with E-state index in [4.69, 9.17) is 5.84 Å². The van der Waals surface area contributed by atoms with Gasteiger partial charge in [0.05, 0.1) is 5.75 Å². The molecule has 25 heavy (non-hydrogen) atoms. The van der Waals surface area contributed by atoms with Crippen LogP contribution in [-0.2, 0) is 11.2 Å².